The molecule has 0 unspecified atom stereocenters. The zero-order valence-corrected chi connectivity index (χ0v) is 16.5. The van der Waals surface area contributed by atoms with E-state index < -0.39 is 23.5 Å². The topological polar surface area (TPSA) is 101 Å². The van der Waals surface area contributed by atoms with E-state index in [1.54, 1.807) is 0 Å². The van der Waals surface area contributed by atoms with Crippen molar-refractivity contribution in [1.82, 2.24) is 9.97 Å². The lowest BCUT2D eigenvalue weighted by Crippen LogP contribution is -2.05. The first-order valence-electron chi connectivity index (χ1n) is 9.08. The van der Waals surface area contributed by atoms with E-state index in [1.165, 1.54) is 42.8 Å². The van der Waals surface area contributed by atoms with Gasteiger partial charge in [0.15, 0.2) is 11.6 Å². The van der Waals surface area contributed by atoms with Crippen LogP contribution in [0.1, 0.15) is 22.3 Å². The van der Waals surface area contributed by atoms with Gasteiger partial charge in [0.1, 0.15) is 0 Å². The lowest BCUT2D eigenvalue weighted by Gasteiger charge is -2.06. The summed E-state index contributed by atoms with van der Waals surface area (Å²) in [5.41, 5.74) is 10.0. The lowest BCUT2D eigenvalue weighted by molar-refractivity contribution is -0.138. The van der Waals surface area contributed by atoms with Crippen molar-refractivity contribution in [3.8, 4) is 0 Å². The van der Waals surface area contributed by atoms with E-state index in [0.29, 0.717) is 11.1 Å². The van der Waals surface area contributed by atoms with Gasteiger partial charge < -0.3 is 5.73 Å². The molecule has 3 rings (SSSR count). The van der Waals surface area contributed by atoms with Gasteiger partial charge in [-0.15, -0.1) is 0 Å². The van der Waals surface area contributed by atoms with Crippen LogP contribution in [0.2, 0.25) is 0 Å². The number of anilines is 3. The zero-order chi connectivity index (χ0) is 24.1. The van der Waals surface area contributed by atoms with Crippen LogP contribution >= 0.6 is 0 Å². The predicted molar refractivity (Wildman–Crippen MR) is 112 cm³/mol. The van der Waals surface area contributed by atoms with Crippen LogP contribution in [0, 0.1) is 0 Å². The number of halogens is 6. The fourth-order valence-corrected chi connectivity index (χ4v) is 2.44. The summed E-state index contributed by atoms with van der Waals surface area (Å²) in [5, 5.41) is 7.76. The molecule has 33 heavy (non-hydrogen) atoms. The number of aromatic nitrogens is 2. The summed E-state index contributed by atoms with van der Waals surface area (Å²) in [7, 11) is 0. The van der Waals surface area contributed by atoms with Crippen LogP contribution in [0.4, 0.5) is 43.9 Å². The Balaban J connectivity index is 1.61. The summed E-state index contributed by atoms with van der Waals surface area (Å²) in [6.45, 7) is 0. The van der Waals surface area contributed by atoms with Crippen molar-refractivity contribution in [3.05, 3.63) is 76.9 Å². The molecule has 172 valence electrons. The van der Waals surface area contributed by atoms with E-state index >= 15 is 0 Å². The Hall–Kier alpha value is -4.16. The van der Waals surface area contributed by atoms with Crippen LogP contribution in [0.3, 0.4) is 0 Å². The summed E-state index contributed by atoms with van der Waals surface area (Å²) < 4.78 is 75.5. The number of nitrogens with one attached hydrogen (secondary N) is 2. The van der Waals surface area contributed by atoms with Gasteiger partial charge in [0.05, 0.1) is 23.6 Å². The largest absolute Gasteiger partial charge is 0.416 e. The molecule has 0 aliphatic rings. The van der Waals surface area contributed by atoms with Crippen molar-refractivity contribution in [2.45, 2.75) is 12.4 Å². The SMILES string of the molecule is Nc1nc(NN=Cc2ccc(C(F)(F)F)cc2)cc(NN=Cc2ccc(C(F)(F)F)cc2)n1. The molecule has 0 saturated carbocycles. The van der Waals surface area contributed by atoms with E-state index in [9.17, 15) is 26.3 Å². The molecule has 0 aliphatic heterocycles. The highest BCUT2D eigenvalue weighted by Crippen LogP contribution is 2.29. The average molecular weight is 467 g/mol. The van der Waals surface area contributed by atoms with Gasteiger partial charge in [0.25, 0.3) is 0 Å². The molecule has 2 aromatic carbocycles. The Bertz CT molecular complexity index is 1050. The van der Waals surface area contributed by atoms with Crippen molar-refractivity contribution >= 4 is 30.0 Å². The molecule has 4 N–H and O–H groups in total. The maximum Gasteiger partial charge on any atom is 0.416 e. The van der Waals surface area contributed by atoms with Crippen molar-refractivity contribution in [3.63, 3.8) is 0 Å². The normalized spacial score (nSPS) is 12.4. The average Bonchev–Trinajstić information content (AvgIpc) is 2.73. The van der Waals surface area contributed by atoms with E-state index in [-0.39, 0.29) is 17.6 Å². The molecule has 0 radical (unpaired) electrons. The second kappa shape index (κ2) is 9.54. The summed E-state index contributed by atoms with van der Waals surface area (Å²) in [6.07, 6.45) is -6.28. The van der Waals surface area contributed by atoms with Gasteiger partial charge in [-0.2, -0.15) is 46.5 Å². The molecular formula is C20H15F6N7. The fraction of sp³-hybridized carbons (Fsp3) is 0.100. The quantitative estimate of drug-likeness (QED) is 0.270. The van der Waals surface area contributed by atoms with Crippen molar-refractivity contribution < 1.29 is 26.3 Å². The molecule has 0 amide bonds. The van der Waals surface area contributed by atoms with Crippen LogP contribution in [0.15, 0.2) is 64.8 Å². The zero-order valence-electron chi connectivity index (χ0n) is 16.5. The third kappa shape index (κ3) is 6.92. The Labute approximate surface area is 183 Å². The summed E-state index contributed by atoms with van der Waals surface area (Å²) in [5.74, 6) is 0.202. The monoisotopic (exact) mass is 467 g/mol. The van der Waals surface area contributed by atoms with Crippen molar-refractivity contribution in [2.24, 2.45) is 10.2 Å². The number of hydrazone groups is 2. The Morgan fingerprint density at radius 2 is 1.03 bits per heavy atom. The van der Waals surface area contributed by atoms with Crippen LogP contribution in [0.25, 0.3) is 0 Å². The third-order valence-electron chi connectivity index (χ3n) is 4.00. The predicted octanol–water partition coefficient (Wildman–Crippen LogP) is 4.99. The smallest absolute Gasteiger partial charge is 0.368 e. The highest BCUT2D eigenvalue weighted by atomic mass is 19.4. The molecule has 1 aromatic heterocycles. The first kappa shape index (κ1) is 23.5. The molecule has 0 fully saturated rings. The summed E-state index contributed by atoms with van der Waals surface area (Å²) in [4.78, 5) is 7.81. The summed E-state index contributed by atoms with van der Waals surface area (Å²) in [6, 6.07) is 10.1. The van der Waals surface area contributed by atoms with Crippen molar-refractivity contribution in [1.29, 1.82) is 0 Å². The van der Waals surface area contributed by atoms with Crippen LogP contribution in [-0.4, -0.2) is 22.4 Å². The minimum absolute atomic E-state index is 0.128. The second-order valence-electron chi connectivity index (χ2n) is 6.48. The number of nitrogens with two attached hydrogens (primary N) is 1. The maximum atomic E-state index is 12.6. The minimum atomic E-state index is -4.43. The molecule has 0 atom stereocenters. The van der Waals surface area contributed by atoms with Gasteiger partial charge in [-0.3, -0.25) is 10.9 Å². The molecule has 0 aliphatic carbocycles. The van der Waals surface area contributed by atoms with Gasteiger partial charge in [-0.05, 0) is 35.4 Å². The Morgan fingerprint density at radius 3 is 1.36 bits per heavy atom. The lowest BCUT2D eigenvalue weighted by atomic mass is 10.1. The molecule has 0 saturated heterocycles. The van der Waals surface area contributed by atoms with Gasteiger partial charge in [-0.1, -0.05) is 24.3 Å². The van der Waals surface area contributed by atoms with E-state index in [4.69, 9.17) is 5.73 Å². The summed E-state index contributed by atoms with van der Waals surface area (Å²) >= 11 is 0. The second-order valence-corrected chi connectivity index (χ2v) is 6.48. The molecule has 13 heteroatoms. The van der Waals surface area contributed by atoms with E-state index in [0.717, 1.165) is 24.3 Å². The molecule has 3 aromatic rings. The van der Waals surface area contributed by atoms with Crippen LogP contribution in [0.5, 0.6) is 0 Å². The number of hydrogen-bond acceptors (Lipinski definition) is 7. The molecule has 0 bridgehead atoms. The van der Waals surface area contributed by atoms with Crippen LogP contribution < -0.4 is 16.6 Å². The minimum Gasteiger partial charge on any atom is -0.368 e. The number of nitrogen functional groups attached to an aromatic ring is 1. The molecular weight excluding hydrogens is 452 g/mol. The van der Waals surface area contributed by atoms with Gasteiger partial charge >= 0.3 is 12.4 Å². The first-order chi connectivity index (χ1) is 15.5. The highest BCUT2D eigenvalue weighted by Gasteiger charge is 2.30. The third-order valence-corrected chi connectivity index (χ3v) is 4.00. The van der Waals surface area contributed by atoms with Gasteiger partial charge in [-0.25, -0.2) is 0 Å². The fourth-order valence-electron chi connectivity index (χ4n) is 2.44. The highest BCUT2D eigenvalue weighted by molar-refractivity contribution is 5.81. The Morgan fingerprint density at radius 1 is 0.667 bits per heavy atom. The number of benzene rings is 2. The van der Waals surface area contributed by atoms with E-state index in [1.807, 2.05) is 0 Å². The Kier molecular flexibility index (Phi) is 6.80. The van der Waals surface area contributed by atoms with Crippen molar-refractivity contribution in [2.75, 3.05) is 16.6 Å². The number of rotatable bonds is 6. The molecule has 1 heterocycles. The standard InChI is InChI=1S/C20H15F6N7/c21-19(22,23)14-5-1-12(2-6-14)10-28-32-16-9-17(31-18(27)30-16)33-29-11-13-3-7-15(8-4-13)20(24,25)26/h1-11H,(H4,27,30,31,32,33). The maximum absolute atomic E-state index is 12.6. The first-order valence-corrected chi connectivity index (χ1v) is 9.08. The number of nitrogens with zero attached hydrogens (tertiary/aromatic N) is 4. The van der Waals surface area contributed by atoms with Crippen LogP contribution in [-0.2, 0) is 12.4 Å². The molecule has 7 nitrogen and oxygen atoms in total. The number of hydrogen-bond donors (Lipinski definition) is 3. The van der Waals surface area contributed by atoms with Gasteiger partial charge in [0.2, 0.25) is 5.95 Å². The molecule has 0 spiro atoms. The van der Waals surface area contributed by atoms with Gasteiger partial charge in [0, 0.05) is 6.07 Å². The number of alkyl halides is 6. The van der Waals surface area contributed by atoms with E-state index in [2.05, 4.69) is 31.0 Å².